The molecule has 0 radical (unpaired) electrons. The van der Waals surface area contributed by atoms with Crippen molar-refractivity contribution in [2.45, 2.75) is 6.04 Å². The molecule has 1 N–H and O–H groups in total. The Bertz CT molecular complexity index is 3060. The van der Waals surface area contributed by atoms with Crippen LogP contribution in [0.3, 0.4) is 0 Å². The minimum atomic E-state index is -0.00674. The number of fused-ring (bicyclic) bond motifs is 9. The van der Waals surface area contributed by atoms with E-state index in [-0.39, 0.29) is 6.04 Å². The molecule has 0 amide bonds. The predicted octanol–water partition coefficient (Wildman–Crippen LogP) is 12.9. The van der Waals surface area contributed by atoms with E-state index in [9.17, 15) is 0 Å². The summed E-state index contributed by atoms with van der Waals surface area (Å²) in [6.07, 6.45) is 4.09. The number of benzene rings is 7. The Morgan fingerprint density at radius 2 is 1.06 bits per heavy atom. The number of rotatable bonds is 3. The first-order valence-electron chi connectivity index (χ1n) is 17.2. The fourth-order valence-corrected chi connectivity index (χ4v) is 10.4. The zero-order chi connectivity index (χ0) is 33.5. The lowest BCUT2D eigenvalue weighted by atomic mass is 9.99. The Labute approximate surface area is 302 Å². The molecule has 0 fully saturated rings. The van der Waals surface area contributed by atoms with Crippen LogP contribution in [0.1, 0.15) is 11.6 Å². The van der Waals surface area contributed by atoms with Gasteiger partial charge in [0, 0.05) is 57.3 Å². The van der Waals surface area contributed by atoms with Crippen molar-refractivity contribution >= 4 is 90.8 Å². The Balaban J connectivity index is 0.958. The number of hydrogen-bond donors (Lipinski definition) is 1. The summed E-state index contributed by atoms with van der Waals surface area (Å²) >= 11 is 3.75. The molecule has 10 aromatic rings. The zero-order valence-electron chi connectivity index (χ0n) is 27.4. The normalized spacial score (nSPS) is 14.7. The van der Waals surface area contributed by atoms with Crippen LogP contribution in [0.4, 0.5) is 0 Å². The Hall–Kier alpha value is -6.01. The van der Waals surface area contributed by atoms with Gasteiger partial charge in [-0.2, -0.15) is 0 Å². The highest BCUT2D eigenvalue weighted by Crippen LogP contribution is 2.42. The van der Waals surface area contributed by atoms with Gasteiger partial charge in [0.1, 0.15) is 0 Å². The van der Waals surface area contributed by atoms with Crippen LogP contribution >= 0.6 is 22.7 Å². The van der Waals surface area contributed by atoms with Crippen LogP contribution in [0.2, 0.25) is 0 Å². The number of para-hydroxylation sites is 1. The maximum absolute atomic E-state index is 4.90. The zero-order valence-corrected chi connectivity index (χ0v) is 29.0. The summed E-state index contributed by atoms with van der Waals surface area (Å²) in [5.74, 6) is 0.826. The van der Waals surface area contributed by atoms with Gasteiger partial charge in [0.25, 0.3) is 0 Å². The third-order valence-corrected chi connectivity index (χ3v) is 12.8. The molecule has 3 nitrogen and oxygen atoms in total. The first-order valence-corrected chi connectivity index (χ1v) is 18.9. The Morgan fingerprint density at radius 1 is 0.490 bits per heavy atom. The van der Waals surface area contributed by atoms with Crippen LogP contribution in [0.15, 0.2) is 169 Å². The second kappa shape index (κ2) is 11.3. The molecule has 4 heterocycles. The van der Waals surface area contributed by atoms with Crippen molar-refractivity contribution in [1.29, 1.82) is 0 Å². The molecule has 240 valence electrons. The quantitative estimate of drug-likeness (QED) is 0.197. The molecule has 0 saturated carbocycles. The van der Waals surface area contributed by atoms with Gasteiger partial charge in [-0.05, 0) is 64.2 Å². The minimum absolute atomic E-state index is 0.00674. The van der Waals surface area contributed by atoms with Crippen molar-refractivity contribution in [3.63, 3.8) is 0 Å². The fraction of sp³-hybridized carbons (Fsp3) is 0.0217. The standard InChI is InChI=1S/C46H29N3S2/c1-4-16-40-33(9-1)38-27-30(32-13-8-15-37-35-11-3-6-18-43(35)51-45(32)37)23-24-41(38)49(40)46-47-26-25-39(48-46)29-21-19-28(20-22-29)31-12-7-14-36-34-10-2-5-17-42(34)50-44(31)36/h1-27,39H,(H,47,48). The monoisotopic (exact) mass is 687 g/mol. The molecular weight excluding hydrogens is 659 g/mol. The molecule has 0 bridgehead atoms. The number of nitrogens with zero attached hydrogens (tertiary/aromatic N) is 2. The van der Waals surface area contributed by atoms with Gasteiger partial charge < -0.3 is 5.32 Å². The summed E-state index contributed by atoms with van der Waals surface area (Å²) in [6.45, 7) is 0. The van der Waals surface area contributed by atoms with E-state index in [1.165, 1.54) is 78.9 Å². The van der Waals surface area contributed by atoms with E-state index in [1.54, 1.807) is 0 Å². The molecule has 0 saturated heterocycles. The van der Waals surface area contributed by atoms with E-state index in [0.29, 0.717) is 0 Å². The SMILES string of the molecule is C1=CC(c2ccc(-c3cccc4c3sc3ccccc34)cc2)NC(n2c3ccccc3c3cc(-c4cccc5c4sc4ccccc45)ccc32)=N1. The molecule has 7 aromatic carbocycles. The van der Waals surface area contributed by atoms with E-state index in [0.717, 1.165) is 17.0 Å². The highest BCUT2D eigenvalue weighted by atomic mass is 32.1. The average molecular weight is 688 g/mol. The van der Waals surface area contributed by atoms with Gasteiger partial charge in [0.15, 0.2) is 0 Å². The molecule has 0 aliphatic carbocycles. The Kier molecular flexibility index (Phi) is 6.35. The molecule has 1 aliphatic rings. The first kappa shape index (κ1) is 28.8. The highest BCUT2D eigenvalue weighted by Gasteiger charge is 2.21. The summed E-state index contributed by atoms with van der Waals surface area (Å²) < 4.78 is 7.60. The molecule has 1 aliphatic heterocycles. The summed E-state index contributed by atoms with van der Waals surface area (Å²) in [7, 11) is 0. The number of thiophene rings is 2. The van der Waals surface area contributed by atoms with Crippen LogP contribution < -0.4 is 5.32 Å². The van der Waals surface area contributed by atoms with Gasteiger partial charge in [0.05, 0.1) is 17.1 Å². The molecule has 51 heavy (non-hydrogen) atoms. The van der Waals surface area contributed by atoms with E-state index in [1.807, 2.05) is 28.9 Å². The number of aliphatic imine (C=N–C) groups is 1. The summed E-state index contributed by atoms with van der Waals surface area (Å²) in [6, 6.07) is 55.3. The lowest BCUT2D eigenvalue weighted by Crippen LogP contribution is -2.34. The maximum atomic E-state index is 4.90. The largest absolute Gasteiger partial charge is 0.345 e. The maximum Gasteiger partial charge on any atom is 0.208 e. The van der Waals surface area contributed by atoms with E-state index >= 15 is 0 Å². The first-order chi connectivity index (χ1) is 25.3. The van der Waals surface area contributed by atoms with E-state index in [4.69, 9.17) is 4.99 Å². The minimum Gasteiger partial charge on any atom is -0.345 e. The fourth-order valence-electron chi connectivity index (χ4n) is 7.93. The van der Waals surface area contributed by atoms with Crippen molar-refractivity contribution in [1.82, 2.24) is 9.88 Å². The third kappa shape index (κ3) is 4.45. The van der Waals surface area contributed by atoms with Crippen molar-refractivity contribution < 1.29 is 0 Å². The number of aromatic nitrogens is 1. The van der Waals surface area contributed by atoms with Crippen LogP contribution in [0.25, 0.3) is 84.4 Å². The van der Waals surface area contributed by atoms with Gasteiger partial charge in [-0.15, -0.1) is 22.7 Å². The molecular formula is C46H29N3S2. The molecule has 3 aromatic heterocycles. The van der Waals surface area contributed by atoms with E-state index < -0.39 is 0 Å². The van der Waals surface area contributed by atoms with Crippen LogP contribution in [-0.4, -0.2) is 10.5 Å². The molecule has 1 unspecified atom stereocenters. The highest BCUT2D eigenvalue weighted by molar-refractivity contribution is 7.26. The van der Waals surface area contributed by atoms with Crippen LogP contribution in [-0.2, 0) is 0 Å². The topological polar surface area (TPSA) is 29.3 Å². The second-order valence-corrected chi connectivity index (χ2v) is 15.3. The second-order valence-electron chi connectivity index (χ2n) is 13.2. The summed E-state index contributed by atoms with van der Waals surface area (Å²) in [5.41, 5.74) is 8.48. The average Bonchev–Trinajstić information content (AvgIpc) is 3.87. The van der Waals surface area contributed by atoms with Gasteiger partial charge in [-0.1, -0.05) is 121 Å². The predicted molar refractivity (Wildman–Crippen MR) is 220 cm³/mol. The van der Waals surface area contributed by atoms with E-state index in [2.05, 4.69) is 168 Å². The van der Waals surface area contributed by atoms with Crippen molar-refractivity contribution in [3.05, 3.63) is 169 Å². The smallest absolute Gasteiger partial charge is 0.208 e. The molecule has 1 atom stereocenters. The number of nitrogens with one attached hydrogen (secondary N) is 1. The third-order valence-electron chi connectivity index (χ3n) is 10.3. The molecule has 0 spiro atoms. The lowest BCUT2D eigenvalue weighted by Gasteiger charge is -2.23. The van der Waals surface area contributed by atoms with Crippen LogP contribution in [0, 0.1) is 0 Å². The number of hydrogen-bond acceptors (Lipinski definition) is 4. The summed E-state index contributed by atoms with van der Waals surface area (Å²) in [5, 5.41) is 11.5. The Morgan fingerprint density at radius 3 is 1.76 bits per heavy atom. The van der Waals surface area contributed by atoms with Crippen molar-refractivity contribution in [3.8, 4) is 22.3 Å². The van der Waals surface area contributed by atoms with Gasteiger partial charge in [-0.25, -0.2) is 4.99 Å². The summed E-state index contributed by atoms with van der Waals surface area (Å²) in [4.78, 5) is 4.90. The molecule has 11 rings (SSSR count). The van der Waals surface area contributed by atoms with Crippen LogP contribution in [0.5, 0.6) is 0 Å². The molecule has 5 heteroatoms. The van der Waals surface area contributed by atoms with Gasteiger partial charge in [-0.3, -0.25) is 4.57 Å². The van der Waals surface area contributed by atoms with Crippen molar-refractivity contribution in [2.75, 3.05) is 0 Å². The lowest BCUT2D eigenvalue weighted by molar-refractivity contribution is 0.756. The van der Waals surface area contributed by atoms with Crippen molar-refractivity contribution in [2.24, 2.45) is 4.99 Å². The van der Waals surface area contributed by atoms with Gasteiger partial charge >= 0.3 is 0 Å². The van der Waals surface area contributed by atoms with Gasteiger partial charge in [0.2, 0.25) is 5.96 Å².